The number of rotatable bonds is 10. The quantitative estimate of drug-likeness (QED) is 0.250. The van der Waals surface area contributed by atoms with Crippen molar-refractivity contribution in [3.05, 3.63) is 89.1 Å². The zero-order valence-corrected chi connectivity index (χ0v) is 23.8. The lowest BCUT2D eigenvalue weighted by atomic mass is 10.0. The third-order valence-electron chi connectivity index (χ3n) is 7.67. The number of aromatic nitrogens is 1. The highest BCUT2D eigenvalue weighted by atomic mass is 19.1. The number of H-pyrrole nitrogens is 1. The maximum Gasteiger partial charge on any atom is 0.257 e. The summed E-state index contributed by atoms with van der Waals surface area (Å²) in [5, 5.41) is 3.93. The fraction of sp³-hybridized carbons (Fsp3) is 0.344. The van der Waals surface area contributed by atoms with Gasteiger partial charge in [-0.1, -0.05) is 6.07 Å². The Morgan fingerprint density at radius 3 is 2.49 bits per heavy atom. The van der Waals surface area contributed by atoms with Gasteiger partial charge in [0.2, 0.25) is 0 Å². The van der Waals surface area contributed by atoms with Gasteiger partial charge in [0.15, 0.2) is 0 Å². The predicted octanol–water partition coefficient (Wildman–Crippen LogP) is 5.51. The van der Waals surface area contributed by atoms with E-state index in [1.54, 1.807) is 13.3 Å². The standard InChI is InChI=1S/C32H37F2N5O2/c1-37-10-12-39(13-11-37)26-6-7-27(31(20-26)38(2)9-4-14-41-3)32(40)36-30-21-35-29-8-5-22(18-28(29)30)15-23-16-24(33)19-25(34)17-23/h5-8,16-21,35H,4,9-15H2,1-3H3,(H,36,40). The molecule has 2 N–H and O–H groups in total. The molecular weight excluding hydrogens is 524 g/mol. The fourth-order valence-corrected chi connectivity index (χ4v) is 5.38. The molecule has 1 fully saturated rings. The fourth-order valence-electron chi connectivity index (χ4n) is 5.38. The van der Waals surface area contributed by atoms with E-state index in [9.17, 15) is 13.6 Å². The van der Waals surface area contributed by atoms with Crippen LogP contribution < -0.4 is 15.1 Å². The number of halogens is 2. The van der Waals surface area contributed by atoms with Gasteiger partial charge in [-0.3, -0.25) is 4.79 Å². The highest BCUT2D eigenvalue weighted by Gasteiger charge is 2.20. The minimum Gasteiger partial charge on any atom is -0.385 e. The Hall–Kier alpha value is -3.95. The summed E-state index contributed by atoms with van der Waals surface area (Å²) in [6.45, 7) is 5.26. The van der Waals surface area contributed by atoms with Crippen molar-refractivity contribution in [1.29, 1.82) is 0 Å². The van der Waals surface area contributed by atoms with E-state index in [0.29, 0.717) is 29.8 Å². The van der Waals surface area contributed by atoms with Crippen LogP contribution in [0.25, 0.3) is 10.9 Å². The molecule has 4 aromatic rings. The molecule has 1 aliphatic heterocycles. The van der Waals surface area contributed by atoms with Crippen LogP contribution in [0.3, 0.4) is 0 Å². The molecule has 0 saturated carbocycles. The SMILES string of the molecule is COCCCN(C)c1cc(N2CCN(C)CC2)ccc1C(=O)Nc1c[nH]c2ccc(Cc3cc(F)cc(F)c3)cc12. The van der Waals surface area contributed by atoms with Crippen molar-refractivity contribution in [2.45, 2.75) is 12.8 Å². The molecule has 0 aliphatic carbocycles. The van der Waals surface area contributed by atoms with Crippen LogP contribution in [0.2, 0.25) is 0 Å². The molecule has 0 spiro atoms. The predicted molar refractivity (Wildman–Crippen MR) is 161 cm³/mol. The second-order valence-corrected chi connectivity index (χ2v) is 10.8. The summed E-state index contributed by atoms with van der Waals surface area (Å²) in [7, 11) is 5.83. The molecule has 0 unspecified atom stereocenters. The van der Waals surface area contributed by atoms with Crippen molar-refractivity contribution in [1.82, 2.24) is 9.88 Å². The van der Waals surface area contributed by atoms with E-state index < -0.39 is 11.6 Å². The number of nitrogens with one attached hydrogen (secondary N) is 2. The third kappa shape index (κ3) is 6.86. The minimum atomic E-state index is -0.600. The molecule has 7 nitrogen and oxygen atoms in total. The average Bonchev–Trinajstić information content (AvgIpc) is 3.34. The van der Waals surface area contributed by atoms with Crippen molar-refractivity contribution < 1.29 is 18.3 Å². The van der Waals surface area contributed by atoms with E-state index in [1.165, 1.54) is 12.1 Å². The number of aromatic amines is 1. The first-order valence-electron chi connectivity index (χ1n) is 13.9. The summed E-state index contributed by atoms with van der Waals surface area (Å²) < 4.78 is 32.7. The van der Waals surface area contributed by atoms with E-state index in [4.69, 9.17) is 4.74 Å². The van der Waals surface area contributed by atoms with E-state index in [0.717, 1.165) is 73.1 Å². The van der Waals surface area contributed by atoms with Crippen LogP contribution >= 0.6 is 0 Å². The zero-order valence-electron chi connectivity index (χ0n) is 23.8. The monoisotopic (exact) mass is 561 g/mol. The number of hydrogen-bond donors (Lipinski definition) is 2. The van der Waals surface area contributed by atoms with Gasteiger partial charge in [0, 0.05) is 82.3 Å². The van der Waals surface area contributed by atoms with Gasteiger partial charge >= 0.3 is 0 Å². The second-order valence-electron chi connectivity index (χ2n) is 10.8. The lowest BCUT2D eigenvalue weighted by Crippen LogP contribution is -2.44. The summed E-state index contributed by atoms with van der Waals surface area (Å²) in [5.41, 5.74) is 5.49. The summed E-state index contributed by atoms with van der Waals surface area (Å²) in [6, 6.07) is 15.4. The molecule has 1 aliphatic rings. The van der Waals surface area contributed by atoms with E-state index in [2.05, 4.69) is 38.1 Å². The van der Waals surface area contributed by atoms with Crippen LogP contribution in [0.5, 0.6) is 0 Å². The number of piperazine rings is 1. The maximum atomic E-state index is 13.7. The normalized spacial score (nSPS) is 14.0. The van der Waals surface area contributed by atoms with Crippen molar-refractivity contribution >= 4 is 33.9 Å². The van der Waals surface area contributed by atoms with Gasteiger partial charge < -0.3 is 29.7 Å². The smallest absolute Gasteiger partial charge is 0.257 e. The van der Waals surface area contributed by atoms with Crippen molar-refractivity contribution in [3.63, 3.8) is 0 Å². The molecule has 0 radical (unpaired) electrons. The first kappa shape index (κ1) is 28.6. The third-order valence-corrected chi connectivity index (χ3v) is 7.67. The summed E-state index contributed by atoms with van der Waals surface area (Å²) in [4.78, 5) is 23.7. The number of carbonyl (C=O) groups excluding carboxylic acids is 1. The number of benzene rings is 3. The van der Waals surface area contributed by atoms with E-state index in [1.807, 2.05) is 37.4 Å². The van der Waals surface area contributed by atoms with Gasteiger partial charge in [-0.25, -0.2) is 8.78 Å². The Kier molecular flexibility index (Phi) is 8.85. The number of methoxy groups -OCH3 is 1. The molecule has 5 rings (SSSR count). The Morgan fingerprint density at radius 2 is 1.76 bits per heavy atom. The Bertz CT molecular complexity index is 1490. The molecule has 1 amide bonds. The maximum absolute atomic E-state index is 13.7. The van der Waals surface area contributed by atoms with Crippen molar-refractivity contribution in [2.24, 2.45) is 0 Å². The number of nitrogens with zero attached hydrogens (tertiary/aromatic N) is 3. The van der Waals surface area contributed by atoms with E-state index in [-0.39, 0.29) is 5.91 Å². The van der Waals surface area contributed by atoms with Crippen LogP contribution in [-0.2, 0) is 11.2 Å². The number of anilines is 3. The highest BCUT2D eigenvalue weighted by Crippen LogP contribution is 2.30. The van der Waals surface area contributed by atoms with E-state index >= 15 is 0 Å². The molecule has 0 bridgehead atoms. The number of ether oxygens (including phenoxy) is 1. The largest absolute Gasteiger partial charge is 0.385 e. The van der Waals surface area contributed by atoms with Crippen LogP contribution in [0, 0.1) is 11.6 Å². The molecule has 0 atom stereocenters. The van der Waals surface area contributed by atoms with Crippen LogP contribution in [0.4, 0.5) is 25.8 Å². The molecule has 216 valence electrons. The van der Waals surface area contributed by atoms with Crippen molar-refractivity contribution in [2.75, 3.05) is 75.7 Å². The second kappa shape index (κ2) is 12.7. The molecule has 2 heterocycles. The van der Waals surface area contributed by atoms with Gasteiger partial charge in [0.05, 0.1) is 16.9 Å². The molecular formula is C32H37F2N5O2. The molecule has 9 heteroatoms. The Balaban J connectivity index is 1.40. The average molecular weight is 562 g/mol. The van der Waals surface area contributed by atoms with Crippen LogP contribution in [-0.4, -0.2) is 76.3 Å². The summed E-state index contributed by atoms with van der Waals surface area (Å²) in [6.07, 6.45) is 2.98. The zero-order chi connectivity index (χ0) is 28.9. The lowest BCUT2D eigenvalue weighted by molar-refractivity contribution is 0.102. The molecule has 41 heavy (non-hydrogen) atoms. The summed E-state index contributed by atoms with van der Waals surface area (Å²) in [5.74, 6) is -1.41. The number of amides is 1. The van der Waals surface area contributed by atoms with Gasteiger partial charge in [-0.15, -0.1) is 0 Å². The van der Waals surface area contributed by atoms with Gasteiger partial charge in [-0.2, -0.15) is 0 Å². The number of carbonyl (C=O) groups is 1. The molecule has 3 aromatic carbocycles. The Morgan fingerprint density at radius 1 is 1.00 bits per heavy atom. The topological polar surface area (TPSA) is 63.8 Å². The van der Waals surface area contributed by atoms with Crippen LogP contribution in [0.1, 0.15) is 27.9 Å². The number of likely N-dealkylation sites (N-methyl/N-ethyl adjacent to an activating group) is 1. The van der Waals surface area contributed by atoms with Crippen LogP contribution in [0.15, 0.2) is 60.8 Å². The number of hydrogen-bond acceptors (Lipinski definition) is 5. The van der Waals surface area contributed by atoms with Crippen molar-refractivity contribution in [3.8, 4) is 0 Å². The first-order valence-corrected chi connectivity index (χ1v) is 13.9. The Labute approximate surface area is 239 Å². The first-order chi connectivity index (χ1) is 19.8. The highest BCUT2D eigenvalue weighted by molar-refractivity contribution is 6.12. The number of fused-ring (bicyclic) bond motifs is 1. The molecule has 1 saturated heterocycles. The molecule has 1 aromatic heterocycles. The minimum absolute atomic E-state index is 0.206. The van der Waals surface area contributed by atoms with Gasteiger partial charge in [0.25, 0.3) is 5.91 Å². The lowest BCUT2D eigenvalue weighted by Gasteiger charge is -2.35. The summed E-state index contributed by atoms with van der Waals surface area (Å²) >= 11 is 0. The van der Waals surface area contributed by atoms with Gasteiger partial charge in [-0.05, 0) is 73.5 Å². The van der Waals surface area contributed by atoms with Gasteiger partial charge in [0.1, 0.15) is 11.6 Å².